The van der Waals surface area contributed by atoms with E-state index in [0.717, 1.165) is 5.56 Å². The molecule has 3 heteroatoms. The number of carbonyl (C=O) groups excluding carboxylic acids is 1. The van der Waals surface area contributed by atoms with Crippen LogP contribution in [-0.4, -0.2) is 12.6 Å². The van der Waals surface area contributed by atoms with E-state index in [2.05, 4.69) is 38.3 Å². The van der Waals surface area contributed by atoms with E-state index in [9.17, 15) is 4.79 Å². The largest absolute Gasteiger partial charge is 0.338 e. The number of benzene rings is 1. The Balaban J connectivity index is 2.62. The summed E-state index contributed by atoms with van der Waals surface area (Å²) in [5, 5.41) is 5.93. The highest BCUT2D eigenvalue weighted by molar-refractivity contribution is 5.74. The van der Waals surface area contributed by atoms with Crippen molar-refractivity contribution in [2.45, 2.75) is 33.7 Å². The molecule has 1 unspecified atom stereocenters. The van der Waals surface area contributed by atoms with E-state index < -0.39 is 0 Å². The van der Waals surface area contributed by atoms with Crippen molar-refractivity contribution in [3.63, 3.8) is 0 Å². The van der Waals surface area contributed by atoms with Gasteiger partial charge in [0.2, 0.25) is 0 Å². The van der Waals surface area contributed by atoms with Crippen LogP contribution in [0.1, 0.15) is 39.3 Å². The third kappa shape index (κ3) is 4.78. The highest BCUT2D eigenvalue weighted by Crippen LogP contribution is 2.20. The molecular weight excluding hydrogens is 224 g/mol. The Bertz CT molecular complexity index is 360. The minimum absolute atomic E-state index is 0.0540. The number of rotatable bonds is 5. The van der Waals surface area contributed by atoms with Gasteiger partial charge >= 0.3 is 6.03 Å². The molecule has 1 aromatic carbocycles. The Hall–Kier alpha value is -1.51. The number of hydrogen-bond acceptors (Lipinski definition) is 1. The molecule has 1 atom stereocenters. The van der Waals surface area contributed by atoms with Crippen molar-refractivity contribution < 1.29 is 4.79 Å². The molecular formula is C15H24N2O. The van der Waals surface area contributed by atoms with E-state index >= 15 is 0 Å². The van der Waals surface area contributed by atoms with Crippen molar-refractivity contribution in [3.05, 3.63) is 35.9 Å². The number of hydrogen-bond donors (Lipinski definition) is 2. The second kappa shape index (κ2) is 7.04. The van der Waals surface area contributed by atoms with Crippen LogP contribution in [0.4, 0.5) is 4.79 Å². The van der Waals surface area contributed by atoms with E-state index in [1.54, 1.807) is 0 Å². The SMILES string of the molecule is CC(C)CNC(=O)NC(c1ccccc1)C(C)C. The molecule has 1 rings (SSSR count). The molecule has 0 saturated heterocycles. The van der Waals surface area contributed by atoms with Crippen LogP contribution >= 0.6 is 0 Å². The van der Waals surface area contributed by atoms with Crippen LogP contribution in [-0.2, 0) is 0 Å². The van der Waals surface area contributed by atoms with E-state index in [1.165, 1.54) is 0 Å². The first-order valence-electron chi connectivity index (χ1n) is 6.60. The predicted octanol–water partition coefficient (Wildman–Crippen LogP) is 3.34. The number of urea groups is 1. The third-order valence-corrected chi connectivity index (χ3v) is 2.78. The van der Waals surface area contributed by atoms with Gasteiger partial charge in [0.1, 0.15) is 0 Å². The maximum absolute atomic E-state index is 11.8. The Kier molecular flexibility index (Phi) is 5.69. The van der Waals surface area contributed by atoms with E-state index in [4.69, 9.17) is 0 Å². The van der Waals surface area contributed by atoms with Crippen molar-refractivity contribution in [2.75, 3.05) is 6.54 Å². The minimum atomic E-state index is -0.0914. The summed E-state index contributed by atoms with van der Waals surface area (Å²) in [6.45, 7) is 9.08. The third-order valence-electron chi connectivity index (χ3n) is 2.78. The van der Waals surface area contributed by atoms with Crippen molar-refractivity contribution >= 4 is 6.03 Å². The Morgan fingerprint density at radius 1 is 1.11 bits per heavy atom. The Morgan fingerprint density at radius 3 is 2.22 bits per heavy atom. The average Bonchev–Trinajstić information content (AvgIpc) is 2.34. The van der Waals surface area contributed by atoms with Gasteiger partial charge in [0.25, 0.3) is 0 Å². The van der Waals surface area contributed by atoms with E-state index in [0.29, 0.717) is 18.4 Å². The zero-order chi connectivity index (χ0) is 13.5. The van der Waals surface area contributed by atoms with Gasteiger partial charge in [-0.1, -0.05) is 58.0 Å². The molecule has 0 aliphatic carbocycles. The van der Waals surface area contributed by atoms with Crippen LogP contribution in [0.25, 0.3) is 0 Å². The molecule has 0 aliphatic rings. The Morgan fingerprint density at radius 2 is 1.72 bits per heavy atom. The molecule has 100 valence electrons. The highest BCUT2D eigenvalue weighted by Gasteiger charge is 2.17. The van der Waals surface area contributed by atoms with Gasteiger partial charge in [0.15, 0.2) is 0 Å². The predicted molar refractivity (Wildman–Crippen MR) is 75.4 cm³/mol. The fraction of sp³-hybridized carbons (Fsp3) is 0.533. The molecule has 0 spiro atoms. The monoisotopic (exact) mass is 248 g/mol. The lowest BCUT2D eigenvalue weighted by Gasteiger charge is -2.23. The van der Waals surface area contributed by atoms with E-state index in [-0.39, 0.29) is 12.1 Å². The molecule has 2 N–H and O–H groups in total. The molecule has 0 bridgehead atoms. The number of amides is 2. The number of carbonyl (C=O) groups is 1. The molecule has 18 heavy (non-hydrogen) atoms. The molecule has 0 saturated carbocycles. The first-order valence-corrected chi connectivity index (χ1v) is 6.60. The quantitative estimate of drug-likeness (QED) is 0.824. The lowest BCUT2D eigenvalue weighted by molar-refractivity contribution is 0.232. The molecule has 3 nitrogen and oxygen atoms in total. The second-order valence-corrected chi connectivity index (χ2v) is 5.38. The van der Waals surface area contributed by atoms with Gasteiger partial charge in [0.05, 0.1) is 6.04 Å². The second-order valence-electron chi connectivity index (χ2n) is 5.38. The summed E-state index contributed by atoms with van der Waals surface area (Å²) in [4.78, 5) is 11.8. The van der Waals surface area contributed by atoms with Gasteiger partial charge in [-0.25, -0.2) is 4.79 Å². The van der Waals surface area contributed by atoms with Gasteiger partial charge in [-0.2, -0.15) is 0 Å². The topological polar surface area (TPSA) is 41.1 Å². The fourth-order valence-electron chi connectivity index (χ4n) is 1.78. The summed E-state index contributed by atoms with van der Waals surface area (Å²) in [5.74, 6) is 0.821. The summed E-state index contributed by atoms with van der Waals surface area (Å²) in [7, 11) is 0. The van der Waals surface area contributed by atoms with Gasteiger partial charge in [-0.3, -0.25) is 0 Å². The molecule has 0 aromatic heterocycles. The maximum atomic E-state index is 11.8. The maximum Gasteiger partial charge on any atom is 0.315 e. The van der Waals surface area contributed by atoms with Crippen LogP contribution in [0, 0.1) is 11.8 Å². The molecule has 0 heterocycles. The molecule has 0 aliphatic heterocycles. The van der Waals surface area contributed by atoms with Gasteiger partial charge < -0.3 is 10.6 Å². The molecule has 1 aromatic rings. The van der Waals surface area contributed by atoms with Crippen molar-refractivity contribution in [3.8, 4) is 0 Å². The number of nitrogens with one attached hydrogen (secondary N) is 2. The highest BCUT2D eigenvalue weighted by atomic mass is 16.2. The van der Waals surface area contributed by atoms with Crippen molar-refractivity contribution in [1.82, 2.24) is 10.6 Å². The molecule has 2 amide bonds. The van der Waals surface area contributed by atoms with Crippen LogP contribution in [0.15, 0.2) is 30.3 Å². The first-order chi connectivity index (χ1) is 8.50. The fourth-order valence-corrected chi connectivity index (χ4v) is 1.78. The Labute approximate surface area is 110 Å². The standard InChI is InChI=1S/C15H24N2O/c1-11(2)10-16-15(18)17-14(12(3)4)13-8-6-5-7-9-13/h5-9,11-12,14H,10H2,1-4H3,(H2,16,17,18). The van der Waals surface area contributed by atoms with Crippen LogP contribution in [0.5, 0.6) is 0 Å². The average molecular weight is 248 g/mol. The van der Waals surface area contributed by atoms with Crippen LogP contribution in [0.3, 0.4) is 0 Å². The summed E-state index contributed by atoms with van der Waals surface area (Å²) in [6, 6.07) is 10.0. The zero-order valence-electron chi connectivity index (χ0n) is 11.7. The smallest absolute Gasteiger partial charge is 0.315 e. The zero-order valence-corrected chi connectivity index (χ0v) is 11.7. The van der Waals surface area contributed by atoms with Crippen LogP contribution < -0.4 is 10.6 Å². The van der Waals surface area contributed by atoms with Gasteiger partial charge in [-0.05, 0) is 17.4 Å². The summed E-state index contributed by atoms with van der Waals surface area (Å²) < 4.78 is 0. The summed E-state index contributed by atoms with van der Waals surface area (Å²) >= 11 is 0. The minimum Gasteiger partial charge on any atom is -0.338 e. The normalized spacial score (nSPS) is 12.6. The summed E-state index contributed by atoms with van der Waals surface area (Å²) in [5.41, 5.74) is 1.15. The van der Waals surface area contributed by atoms with E-state index in [1.807, 2.05) is 30.3 Å². The molecule has 0 fully saturated rings. The van der Waals surface area contributed by atoms with Crippen molar-refractivity contribution in [1.29, 1.82) is 0 Å². The van der Waals surface area contributed by atoms with Gasteiger partial charge in [-0.15, -0.1) is 0 Å². The lowest BCUT2D eigenvalue weighted by atomic mass is 9.96. The first kappa shape index (κ1) is 14.6. The van der Waals surface area contributed by atoms with Crippen LogP contribution in [0.2, 0.25) is 0 Å². The van der Waals surface area contributed by atoms with Crippen molar-refractivity contribution in [2.24, 2.45) is 11.8 Å². The molecule has 0 radical (unpaired) electrons. The van der Waals surface area contributed by atoms with Gasteiger partial charge in [0, 0.05) is 6.54 Å². The summed E-state index contributed by atoms with van der Waals surface area (Å²) in [6.07, 6.45) is 0. The lowest BCUT2D eigenvalue weighted by Crippen LogP contribution is -2.41.